The summed E-state index contributed by atoms with van der Waals surface area (Å²) >= 11 is 5.82. The van der Waals surface area contributed by atoms with Crippen molar-refractivity contribution in [3.63, 3.8) is 0 Å². The number of carbonyl (C=O) groups excluding carboxylic acids is 1. The highest BCUT2D eigenvalue weighted by atomic mass is 35.5. The van der Waals surface area contributed by atoms with Crippen LogP contribution in [0.25, 0.3) is 0 Å². The average molecular weight is 424 g/mol. The van der Waals surface area contributed by atoms with Crippen molar-refractivity contribution < 1.29 is 23.6 Å². The zero-order chi connectivity index (χ0) is 20.8. The van der Waals surface area contributed by atoms with Crippen LogP contribution in [0, 0.1) is 15.9 Å². The van der Waals surface area contributed by atoms with E-state index in [4.69, 9.17) is 21.1 Å². The molecule has 0 bridgehead atoms. The molecule has 10 heteroatoms. The van der Waals surface area contributed by atoms with Gasteiger partial charge in [-0.1, -0.05) is 17.7 Å². The highest BCUT2D eigenvalue weighted by molar-refractivity contribution is 6.30. The number of nitro groups is 1. The van der Waals surface area contributed by atoms with E-state index in [1.54, 1.807) is 12.1 Å². The van der Waals surface area contributed by atoms with Gasteiger partial charge in [-0.05, 0) is 29.8 Å². The number of nitro benzene ring substituents is 1. The number of nitrogens with one attached hydrogen (secondary N) is 1. The van der Waals surface area contributed by atoms with Crippen LogP contribution in [0.3, 0.4) is 0 Å². The summed E-state index contributed by atoms with van der Waals surface area (Å²) in [5.74, 6) is -0.251. The Bertz CT molecular complexity index is 881. The topological polar surface area (TPSA) is 93.9 Å². The van der Waals surface area contributed by atoms with E-state index in [-0.39, 0.29) is 29.1 Å². The van der Waals surface area contributed by atoms with E-state index in [1.807, 2.05) is 0 Å². The Morgan fingerprint density at radius 3 is 2.79 bits per heavy atom. The molecule has 1 fully saturated rings. The SMILES string of the molecule is O=C(NC[C@H]1CN(Cc2ccc(F)c(Cl)c2)CCO1)Oc1ccc([N+](=O)[O-])cc1. The van der Waals surface area contributed by atoms with Crippen LogP contribution in [-0.4, -0.2) is 48.3 Å². The fraction of sp³-hybridized carbons (Fsp3) is 0.316. The number of benzene rings is 2. The highest BCUT2D eigenvalue weighted by Gasteiger charge is 2.21. The summed E-state index contributed by atoms with van der Waals surface area (Å²) in [4.78, 5) is 24.2. The number of nitrogens with zero attached hydrogens (tertiary/aromatic N) is 2. The van der Waals surface area contributed by atoms with Gasteiger partial charge in [0.25, 0.3) is 5.69 Å². The Hall–Kier alpha value is -2.75. The van der Waals surface area contributed by atoms with Gasteiger partial charge in [-0.15, -0.1) is 0 Å². The van der Waals surface area contributed by atoms with Crippen LogP contribution in [0.1, 0.15) is 5.56 Å². The lowest BCUT2D eigenvalue weighted by atomic mass is 10.2. The molecule has 0 aliphatic carbocycles. The number of amides is 1. The number of halogens is 2. The van der Waals surface area contributed by atoms with Crippen molar-refractivity contribution in [2.45, 2.75) is 12.6 Å². The predicted octanol–water partition coefficient (Wildman–Crippen LogP) is 3.38. The number of morpholine rings is 1. The second kappa shape index (κ2) is 9.64. The molecule has 0 saturated carbocycles. The Morgan fingerprint density at radius 1 is 1.34 bits per heavy atom. The predicted molar refractivity (Wildman–Crippen MR) is 104 cm³/mol. The van der Waals surface area contributed by atoms with Crippen LogP contribution >= 0.6 is 11.6 Å². The first kappa shape index (κ1) is 21.0. The lowest BCUT2D eigenvalue weighted by Crippen LogP contribution is -2.47. The maximum Gasteiger partial charge on any atom is 0.412 e. The Morgan fingerprint density at radius 2 is 2.10 bits per heavy atom. The molecule has 1 aliphatic heterocycles. The number of rotatable bonds is 6. The van der Waals surface area contributed by atoms with Gasteiger partial charge >= 0.3 is 6.09 Å². The van der Waals surface area contributed by atoms with Crippen molar-refractivity contribution in [1.82, 2.24) is 10.2 Å². The summed E-state index contributed by atoms with van der Waals surface area (Å²) in [6.07, 6.45) is -0.908. The van der Waals surface area contributed by atoms with E-state index in [0.29, 0.717) is 26.2 Å². The molecule has 1 amide bonds. The van der Waals surface area contributed by atoms with Crippen molar-refractivity contribution in [3.8, 4) is 5.75 Å². The largest absolute Gasteiger partial charge is 0.412 e. The zero-order valence-corrected chi connectivity index (χ0v) is 16.1. The quantitative estimate of drug-likeness (QED) is 0.565. The minimum atomic E-state index is -0.676. The molecule has 1 saturated heterocycles. The Kier molecular flexibility index (Phi) is 6.97. The Labute approximate surface area is 171 Å². The Balaban J connectivity index is 1.45. The molecule has 154 valence electrons. The maximum atomic E-state index is 13.3. The van der Waals surface area contributed by atoms with Crippen LogP contribution in [-0.2, 0) is 11.3 Å². The number of hydrogen-bond donors (Lipinski definition) is 1. The zero-order valence-electron chi connectivity index (χ0n) is 15.3. The van der Waals surface area contributed by atoms with Crippen molar-refractivity contribution in [2.24, 2.45) is 0 Å². The number of hydrogen-bond acceptors (Lipinski definition) is 6. The molecule has 3 rings (SSSR count). The van der Waals surface area contributed by atoms with Crippen LogP contribution in [0.2, 0.25) is 5.02 Å². The van der Waals surface area contributed by atoms with Crippen molar-refractivity contribution in [1.29, 1.82) is 0 Å². The smallest absolute Gasteiger partial charge is 0.410 e. The summed E-state index contributed by atoms with van der Waals surface area (Å²) in [6, 6.07) is 9.84. The van der Waals surface area contributed by atoms with E-state index in [2.05, 4.69) is 10.2 Å². The van der Waals surface area contributed by atoms with Crippen molar-refractivity contribution >= 4 is 23.4 Å². The molecule has 1 N–H and O–H groups in total. The van der Waals surface area contributed by atoms with Crippen LogP contribution in [0.4, 0.5) is 14.9 Å². The minimum Gasteiger partial charge on any atom is -0.410 e. The first-order chi connectivity index (χ1) is 13.9. The lowest BCUT2D eigenvalue weighted by Gasteiger charge is -2.33. The van der Waals surface area contributed by atoms with Crippen LogP contribution < -0.4 is 10.1 Å². The maximum absolute atomic E-state index is 13.3. The number of ether oxygens (including phenoxy) is 2. The first-order valence-electron chi connectivity index (χ1n) is 8.89. The van der Waals surface area contributed by atoms with Gasteiger partial charge in [-0.25, -0.2) is 9.18 Å². The second-order valence-electron chi connectivity index (χ2n) is 6.50. The first-order valence-corrected chi connectivity index (χ1v) is 9.26. The van der Waals surface area contributed by atoms with Gasteiger partial charge in [0.05, 0.1) is 22.7 Å². The molecule has 2 aromatic rings. The third-order valence-electron chi connectivity index (χ3n) is 4.35. The van der Waals surface area contributed by atoms with E-state index >= 15 is 0 Å². The van der Waals surface area contributed by atoms with Gasteiger partial charge in [0, 0.05) is 38.3 Å². The molecule has 1 atom stereocenters. The highest BCUT2D eigenvalue weighted by Crippen LogP contribution is 2.19. The van der Waals surface area contributed by atoms with Gasteiger partial charge in [0.2, 0.25) is 0 Å². The van der Waals surface area contributed by atoms with Gasteiger partial charge in [0.15, 0.2) is 0 Å². The number of carbonyl (C=O) groups is 1. The van der Waals surface area contributed by atoms with Crippen LogP contribution in [0.15, 0.2) is 42.5 Å². The van der Waals surface area contributed by atoms with Gasteiger partial charge in [-0.2, -0.15) is 0 Å². The van der Waals surface area contributed by atoms with Gasteiger partial charge in [0.1, 0.15) is 11.6 Å². The van der Waals surface area contributed by atoms with E-state index < -0.39 is 16.8 Å². The van der Waals surface area contributed by atoms with E-state index in [9.17, 15) is 19.3 Å². The molecule has 0 unspecified atom stereocenters. The molecule has 8 nitrogen and oxygen atoms in total. The standard InChI is InChI=1S/C19H19ClFN3O5/c20-17-9-13(1-6-18(17)21)11-23-7-8-28-16(12-23)10-22-19(25)29-15-4-2-14(3-5-15)24(26)27/h1-6,9,16H,7-8,10-12H2,(H,22,25)/t16-/m0/s1. The molecular formula is C19H19ClFN3O5. The van der Waals surface area contributed by atoms with Crippen molar-refractivity contribution in [2.75, 3.05) is 26.2 Å². The summed E-state index contributed by atoms with van der Waals surface area (Å²) in [7, 11) is 0. The molecule has 2 aromatic carbocycles. The summed E-state index contributed by atoms with van der Waals surface area (Å²) in [6.45, 7) is 2.61. The molecule has 1 heterocycles. The van der Waals surface area contributed by atoms with E-state index in [0.717, 1.165) is 5.56 Å². The molecule has 0 spiro atoms. The van der Waals surface area contributed by atoms with Crippen LogP contribution in [0.5, 0.6) is 5.75 Å². The van der Waals surface area contributed by atoms with E-state index in [1.165, 1.54) is 30.3 Å². The molecule has 0 radical (unpaired) electrons. The second-order valence-corrected chi connectivity index (χ2v) is 6.91. The molecule has 0 aromatic heterocycles. The minimum absolute atomic E-state index is 0.0861. The molecule has 29 heavy (non-hydrogen) atoms. The lowest BCUT2D eigenvalue weighted by molar-refractivity contribution is -0.384. The number of non-ortho nitro benzene ring substituents is 1. The average Bonchev–Trinajstić information content (AvgIpc) is 2.70. The van der Waals surface area contributed by atoms with Crippen molar-refractivity contribution in [3.05, 3.63) is 69.0 Å². The van der Waals surface area contributed by atoms with Gasteiger partial charge in [-0.3, -0.25) is 15.0 Å². The fourth-order valence-electron chi connectivity index (χ4n) is 2.92. The molecular weight excluding hydrogens is 405 g/mol. The normalized spacial score (nSPS) is 17.0. The summed E-state index contributed by atoms with van der Waals surface area (Å²) < 4.78 is 24.0. The van der Waals surface area contributed by atoms with Gasteiger partial charge < -0.3 is 14.8 Å². The summed E-state index contributed by atoms with van der Waals surface area (Å²) in [5, 5.41) is 13.3. The third-order valence-corrected chi connectivity index (χ3v) is 4.63. The summed E-state index contributed by atoms with van der Waals surface area (Å²) in [5.41, 5.74) is 0.804. The molecule has 1 aliphatic rings. The third kappa shape index (κ3) is 6.11. The fourth-order valence-corrected chi connectivity index (χ4v) is 3.12. The monoisotopic (exact) mass is 423 g/mol.